The Kier molecular flexibility index (Phi) is 6.72. The van der Waals surface area contributed by atoms with Crippen LogP contribution >= 0.6 is 0 Å². The van der Waals surface area contributed by atoms with Gasteiger partial charge in [0.15, 0.2) is 0 Å². The minimum absolute atomic E-state index is 0.504. The maximum absolute atomic E-state index is 9.65. The normalized spacial score (nSPS) is 14.6. The SMILES string of the molecule is CN/C=C(\C=N)c1cc(-c2ccc(N3CCC(Cc4ccccn4)CC3)nc2)c2c(C#N)cnn2c1. The highest BCUT2D eigenvalue weighted by atomic mass is 15.2. The molecule has 0 radical (unpaired) electrons. The predicted molar refractivity (Wildman–Crippen MR) is 142 cm³/mol. The van der Waals surface area contributed by atoms with Crippen molar-refractivity contribution in [2.75, 3.05) is 25.0 Å². The summed E-state index contributed by atoms with van der Waals surface area (Å²) in [5.74, 6) is 1.61. The van der Waals surface area contributed by atoms with E-state index in [0.29, 0.717) is 17.1 Å². The van der Waals surface area contributed by atoms with Crippen LogP contribution < -0.4 is 10.2 Å². The first-order valence-electron chi connectivity index (χ1n) is 12.1. The molecule has 1 aliphatic rings. The Morgan fingerprint density at radius 2 is 2.06 bits per heavy atom. The Morgan fingerprint density at radius 1 is 1.19 bits per heavy atom. The lowest BCUT2D eigenvalue weighted by atomic mass is 9.92. The first-order chi connectivity index (χ1) is 17.7. The highest BCUT2D eigenvalue weighted by Crippen LogP contribution is 2.31. The molecule has 0 aliphatic carbocycles. The summed E-state index contributed by atoms with van der Waals surface area (Å²) in [5, 5.41) is 24.8. The Labute approximate surface area is 210 Å². The van der Waals surface area contributed by atoms with E-state index in [1.807, 2.05) is 30.7 Å². The van der Waals surface area contributed by atoms with Gasteiger partial charge in [0, 0.05) is 79.1 Å². The standard InChI is InChI=1S/C28H28N8/c1-31-16-23(14-29)22-13-26(28-24(15-30)18-34-36(28)19-22)21-5-6-27(33-17-21)35-10-7-20(8-11-35)12-25-4-2-3-9-32-25/h2-6,9,13-14,16-20,29,31H,7-8,10-12H2,1H3/b23-16+,29-14?. The lowest BCUT2D eigenvalue weighted by Gasteiger charge is -2.32. The number of allylic oxidation sites excluding steroid dienone is 1. The van der Waals surface area contributed by atoms with Crippen molar-refractivity contribution < 1.29 is 0 Å². The molecule has 2 N–H and O–H groups in total. The molecule has 0 aromatic carbocycles. The van der Waals surface area contributed by atoms with E-state index in [9.17, 15) is 5.26 Å². The Hall–Kier alpha value is -4.51. The zero-order chi connectivity index (χ0) is 24.9. The summed E-state index contributed by atoms with van der Waals surface area (Å²) in [6.45, 7) is 1.95. The molecule has 0 amide bonds. The molecule has 1 saturated heterocycles. The summed E-state index contributed by atoms with van der Waals surface area (Å²) in [7, 11) is 1.80. The molecular weight excluding hydrogens is 448 g/mol. The van der Waals surface area contributed by atoms with Gasteiger partial charge in [-0.2, -0.15) is 10.4 Å². The van der Waals surface area contributed by atoms with Crippen molar-refractivity contribution in [3.63, 3.8) is 0 Å². The van der Waals surface area contributed by atoms with Crippen LogP contribution in [-0.2, 0) is 6.42 Å². The van der Waals surface area contributed by atoms with Crippen LogP contribution in [0.4, 0.5) is 5.82 Å². The fourth-order valence-corrected chi connectivity index (χ4v) is 4.86. The van der Waals surface area contributed by atoms with Gasteiger partial charge in [-0.1, -0.05) is 6.07 Å². The van der Waals surface area contributed by atoms with E-state index in [2.05, 4.69) is 50.6 Å². The molecule has 0 saturated carbocycles. The summed E-state index contributed by atoms with van der Waals surface area (Å²) in [6, 6.07) is 14.5. The van der Waals surface area contributed by atoms with Gasteiger partial charge in [-0.25, -0.2) is 9.50 Å². The van der Waals surface area contributed by atoms with Crippen molar-refractivity contribution in [3.05, 3.63) is 84.2 Å². The molecule has 8 nitrogen and oxygen atoms in total. The molecule has 4 aromatic heterocycles. The molecule has 180 valence electrons. The number of rotatable bonds is 7. The van der Waals surface area contributed by atoms with Gasteiger partial charge in [-0.05, 0) is 55.5 Å². The van der Waals surface area contributed by atoms with Gasteiger partial charge in [0.25, 0.3) is 0 Å². The summed E-state index contributed by atoms with van der Waals surface area (Å²) in [6.07, 6.45) is 13.5. The van der Waals surface area contributed by atoms with Crippen LogP contribution in [0.5, 0.6) is 0 Å². The first-order valence-corrected chi connectivity index (χ1v) is 12.1. The Bertz CT molecular complexity index is 1420. The number of nitriles is 1. The largest absolute Gasteiger partial charge is 0.393 e. The molecule has 1 fully saturated rings. The maximum atomic E-state index is 9.65. The van der Waals surface area contributed by atoms with Crippen molar-refractivity contribution >= 4 is 23.1 Å². The molecular formula is C28H28N8. The Balaban J connectivity index is 1.39. The van der Waals surface area contributed by atoms with E-state index in [1.54, 1.807) is 24.0 Å². The lowest BCUT2D eigenvalue weighted by Crippen LogP contribution is -2.34. The van der Waals surface area contributed by atoms with Gasteiger partial charge in [-0.15, -0.1) is 0 Å². The summed E-state index contributed by atoms with van der Waals surface area (Å²) in [4.78, 5) is 11.6. The number of fused-ring (bicyclic) bond motifs is 1. The number of anilines is 1. The van der Waals surface area contributed by atoms with Crippen molar-refractivity contribution in [1.29, 1.82) is 10.7 Å². The number of hydrogen-bond donors (Lipinski definition) is 2. The van der Waals surface area contributed by atoms with E-state index < -0.39 is 0 Å². The fourth-order valence-electron chi connectivity index (χ4n) is 4.86. The molecule has 5 heterocycles. The van der Waals surface area contributed by atoms with Crippen LogP contribution in [0, 0.1) is 22.7 Å². The van der Waals surface area contributed by atoms with E-state index >= 15 is 0 Å². The van der Waals surface area contributed by atoms with E-state index in [0.717, 1.165) is 60.4 Å². The summed E-state index contributed by atoms with van der Waals surface area (Å²) >= 11 is 0. The molecule has 0 atom stereocenters. The average Bonchev–Trinajstić information content (AvgIpc) is 3.35. The molecule has 1 aliphatic heterocycles. The molecule has 0 spiro atoms. The van der Waals surface area contributed by atoms with E-state index in [-0.39, 0.29) is 0 Å². The number of pyridine rings is 3. The minimum atomic E-state index is 0.504. The highest BCUT2D eigenvalue weighted by molar-refractivity contribution is 6.08. The van der Waals surface area contributed by atoms with Crippen molar-refractivity contribution in [1.82, 2.24) is 24.9 Å². The van der Waals surface area contributed by atoms with Gasteiger partial charge in [0.05, 0.1) is 17.3 Å². The molecule has 36 heavy (non-hydrogen) atoms. The molecule has 4 aromatic rings. The maximum Gasteiger partial charge on any atom is 0.128 e. The zero-order valence-corrected chi connectivity index (χ0v) is 20.2. The molecule has 8 heteroatoms. The molecule has 0 bridgehead atoms. The second kappa shape index (κ2) is 10.4. The minimum Gasteiger partial charge on any atom is -0.393 e. The van der Waals surface area contributed by atoms with Gasteiger partial charge in [0.2, 0.25) is 0 Å². The van der Waals surface area contributed by atoms with Gasteiger partial charge in [-0.3, -0.25) is 4.98 Å². The van der Waals surface area contributed by atoms with Gasteiger partial charge in [0.1, 0.15) is 11.9 Å². The smallest absolute Gasteiger partial charge is 0.128 e. The molecule has 0 unspecified atom stereocenters. The highest BCUT2D eigenvalue weighted by Gasteiger charge is 2.21. The lowest BCUT2D eigenvalue weighted by molar-refractivity contribution is 0.399. The summed E-state index contributed by atoms with van der Waals surface area (Å²) < 4.78 is 1.70. The second-order valence-electron chi connectivity index (χ2n) is 9.00. The van der Waals surface area contributed by atoms with E-state index in [4.69, 9.17) is 10.4 Å². The van der Waals surface area contributed by atoms with Crippen LogP contribution in [0.2, 0.25) is 0 Å². The topological polar surface area (TPSA) is 106 Å². The third kappa shape index (κ3) is 4.68. The molecule has 5 rings (SSSR count). The van der Waals surface area contributed by atoms with E-state index in [1.165, 1.54) is 11.9 Å². The average molecular weight is 477 g/mol. The third-order valence-corrected chi connectivity index (χ3v) is 6.74. The van der Waals surface area contributed by atoms with Gasteiger partial charge < -0.3 is 15.6 Å². The van der Waals surface area contributed by atoms with Crippen LogP contribution in [0.3, 0.4) is 0 Å². The van der Waals surface area contributed by atoms with Crippen LogP contribution in [0.15, 0.2) is 67.4 Å². The van der Waals surface area contributed by atoms with Crippen molar-refractivity contribution in [2.45, 2.75) is 19.3 Å². The van der Waals surface area contributed by atoms with Crippen LogP contribution in [0.25, 0.3) is 22.2 Å². The van der Waals surface area contributed by atoms with Gasteiger partial charge >= 0.3 is 0 Å². The first kappa shape index (κ1) is 23.2. The quantitative estimate of drug-likeness (QED) is 0.385. The zero-order valence-electron chi connectivity index (χ0n) is 20.2. The van der Waals surface area contributed by atoms with Crippen LogP contribution in [-0.4, -0.2) is 45.9 Å². The number of aromatic nitrogens is 4. The number of piperidine rings is 1. The third-order valence-electron chi connectivity index (χ3n) is 6.74. The number of hydrogen-bond acceptors (Lipinski definition) is 7. The number of nitrogens with one attached hydrogen (secondary N) is 2. The summed E-state index contributed by atoms with van der Waals surface area (Å²) in [5.41, 5.74) is 5.71. The second-order valence-corrected chi connectivity index (χ2v) is 9.00. The van der Waals surface area contributed by atoms with Crippen molar-refractivity contribution in [3.8, 4) is 17.2 Å². The number of nitrogens with zero attached hydrogens (tertiary/aromatic N) is 6. The van der Waals surface area contributed by atoms with Crippen molar-refractivity contribution in [2.24, 2.45) is 5.92 Å². The monoisotopic (exact) mass is 476 g/mol. The van der Waals surface area contributed by atoms with Crippen LogP contribution in [0.1, 0.15) is 29.7 Å². The predicted octanol–water partition coefficient (Wildman–Crippen LogP) is 4.33. The fraction of sp³-hybridized carbons (Fsp3) is 0.250. The Morgan fingerprint density at radius 3 is 2.72 bits per heavy atom.